The van der Waals surface area contributed by atoms with Crippen molar-refractivity contribution in [1.82, 2.24) is 29.7 Å². The zero-order chi connectivity index (χ0) is 34.7. The lowest BCUT2D eigenvalue weighted by Gasteiger charge is -2.34. The molecule has 1 saturated heterocycles. The molecule has 49 heavy (non-hydrogen) atoms. The first-order chi connectivity index (χ1) is 23.5. The number of amides is 2. The van der Waals surface area contributed by atoms with Crippen molar-refractivity contribution in [1.29, 1.82) is 0 Å². The number of nitrogens with zero attached hydrogens (tertiary/aromatic N) is 5. The predicted octanol–water partition coefficient (Wildman–Crippen LogP) is 4.62. The molecule has 0 radical (unpaired) electrons. The molecule has 4 heterocycles. The van der Waals surface area contributed by atoms with Gasteiger partial charge in [-0.25, -0.2) is 9.97 Å². The molecule has 13 heteroatoms. The third-order valence-electron chi connectivity index (χ3n) is 8.95. The van der Waals surface area contributed by atoms with E-state index in [2.05, 4.69) is 49.6 Å². The van der Waals surface area contributed by atoms with Crippen LogP contribution in [0, 0.1) is 11.8 Å². The summed E-state index contributed by atoms with van der Waals surface area (Å²) >= 11 is 0. The Labute approximate surface area is 282 Å². The molecule has 254 valence electrons. The highest BCUT2D eigenvalue weighted by atomic mass is 19.4. The van der Waals surface area contributed by atoms with Gasteiger partial charge in [-0.1, -0.05) is 30.9 Å². The molecule has 0 bridgehead atoms. The normalized spacial score (nSPS) is 15.2. The summed E-state index contributed by atoms with van der Waals surface area (Å²) in [6.45, 7) is 6.78. The van der Waals surface area contributed by atoms with Crippen LogP contribution in [0.25, 0.3) is 11.4 Å². The number of likely N-dealkylation sites (N-methyl/N-ethyl adjacent to an activating group) is 1. The van der Waals surface area contributed by atoms with Gasteiger partial charge in [0.2, 0.25) is 5.95 Å². The minimum atomic E-state index is -4.57. The van der Waals surface area contributed by atoms with E-state index in [1.54, 1.807) is 43.6 Å². The summed E-state index contributed by atoms with van der Waals surface area (Å²) in [5.74, 6) is 5.86. The highest BCUT2D eigenvalue weighted by Crippen LogP contribution is 2.35. The van der Waals surface area contributed by atoms with Gasteiger partial charge in [0.15, 0.2) is 0 Å². The zero-order valence-electron chi connectivity index (χ0n) is 27.5. The minimum absolute atomic E-state index is 0.0544. The van der Waals surface area contributed by atoms with Crippen LogP contribution in [0.5, 0.6) is 0 Å². The second-order valence-corrected chi connectivity index (χ2v) is 12.0. The van der Waals surface area contributed by atoms with Crippen molar-refractivity contribution in [3.8, 4) is 23.2 Å². The average Bonchev–Trinajstić information content (AvgIpc) is 3.44. The van der Waals surface area contributed by atoms with Crippen molar-refractivity contribution in [3.63, 3.8) is 0 Å². The molecule has 1 fully saturated rings. The Balaban J connectivity index is 1.22. The SMILES string of the molecule is CCN1CCN(Cc2ccc(NC(=O)c3cccc(C#Cc4cnc(NC)nc4-c4cc5c(n4C)CCNC5=O)c3)cc2C(F)(F)F)CC1. The fraction of sp³-hybridized carbons (Fsp3) is 0.333. The molecule has 0 spiro atoms. The van der Waals surface area contributed by atoms with E-state index < -0.39 is 17.6 Å². The fourth-order valence-electron chi connectivity index (χ4n) is 6.19. The van der Waals surface area contributed by atoms with Gasteiger partial charge in [0.25, 0.3) is 11.8 Å². The van der Waals surface area contributed by atoms with Crippen molar-refractivity contribution in [2.24, 2.45) is 7.05 Å². The quantitative estimate of drug-likeness (QED) is 0.247. The smallest absolute Gasteiger partial charge is 0.357 e. The number of fused-ring (bicyclic) bond motifs is 1. The van der Waals surface area contributed by atoms with Crippen LogP contribution in [0.15, 0.2) is 54.7 Å². The van der Waals surface area contributed by atoms with Crippen LogP contribution < -0.4 is 16.0 Å². The molecule has 10 nitrogen and oxygen atoms in total. The van der Waals surface area contributed by atoms with E-state index in [1.807, 2.05) is 16.5 Å². The third kappa shape index (κ3) is 7.45. The molecular weight excluding hydrogens is 633 g/mol. The van der Waals surface area contributed by atoms with E-state index in [0.717, 1.165) is 31.4 Å². The van der Waals surface area contributed by atoms with E-state index in [1.165, 1.54) is 12.1 Å². The molecule has 0 unspecified atom stereocenters. The van der Waals surface area contributed by atoms with Crippen molar-refractivity contribution in [2.75, 3.05) is 56.9 Å². The summed E-state index contributed by atoms with van der Waals surface area (Å²) < 4.78 is 44.3. The highest BCUT2D eigenvalue weighted by Gasteiger charge is 2.34. The van der Waals surface area contributed by atoms with E-state index in [4.69, 9.17) is 0 Å². The van der Waals surface area contributed by atoms with E-state index in [9.17, 15) is 22.8 Å². The molecule has 2 amide bonds. The monoisotopic (exact) mass is 670 g/mol. The van der Waals surface area contributed by atoms with E-state index >= 15 is 0 Å². The number of piperazine rings is 1. The van der Waals surface area contributed by atoms with Gasteiger partial charge >= 0.3 is 6.18 Å². The standard InChI is InChI=1S/C36H37F3N8O2/c1-4-46-14-16-47(17-15-46)22-26-10-11-27(19-29(26)36(37,38)39)43-33(48)24-7-5-6-23(18-24)8-9-25-21-42-35(40-2)44-32(25)31-20-28-30(45(31)3)12-13-41-34(28)49/h5-7,10-11,18-21H,4,12-17,22H2,1-3H3,(H,41,49)(H,43,48)(H,40,42,44). The van der Waals surface area contributed by atoms with Gasteiger partial charge in [-0.2, -0.15) is 13.2 Å². The second-order valence-electron chi connectivity index (χ2n) is 12.0. The Kier molecular flexibility index (Phi) is 9.71. The number of rotatable bonds is 7. The number of hydrogen-bond donors (Lipinski definition) is 3. The average molecular weight is 671 g/mol. The van der Waals surface area contributed by atoms with Crippen LogP contribution in [0.2, 0.25) is 0 Å². The van der Waals surface area contributed by atoms with Crippen LogP contribution in [0.3, 0.4) is 0 Å². The number of nitrogens with one attached hydrogen (secondary N) is 3. The van der Waals surface area contributed by atoms with Gasteiger partial charge in [-0.15, -0.1) is 0 Å². The number of benzene rings is 2. The van der Waals surface area contributed by atoms with Gasteiger partial charge in [0.05, 0.1) is 22.4 Å². The molecule has 0 saturated carbocycles. The lowest BCUT2D eigenvalue weighted by Crippen LogP contribution is -2.45. The van der Waals surface area contributed by atoms with Crippen LogP contribution >= 0.6 is 0 Å². The van der Waals surface area contributed by atoms with Crippen molar-refractivity contribution in [2.45, 2.75) is 26.1 Å². The first kappa shape index (κ1) is 33.7. The van der Waals surface area contributed by atoms with Gasteiger partial charge in [0, 0.05) is 88.5 Å². The van der Waals surface area contributed by atoms with E-state index in [0.29, 0.717) is 60.1 Å². The number of hydrogen-bond acceptors (Lipinski definition) is 7. The number of carbonyl (C=O) groups is 2. The molecule has 4 aromatic rings. The Hall–Kier alpha value is -5.19. The summed E-state index contributed by atoms with van der Waals surface area (Å²) in [4.78, 5) is 39.0. The molecule has 2 aliphatic heterocycles. The van der Waals surface area contributed by atoms with Gasteiger partial charge < -0.3 is 25.4 Å². The summed E-state index contributed by atoms with van der Waals surface area (Å²) in [6.07, 6.45) is -2.29. The van der Waals surface area contributed by atoms with E-state index in [-0.39, 0.29) is 29.3 Å². The molecule has 0 aliphatic carbocycles. The lowest BCUT2D eigenvalue weighted by molar-refractivity contribution is -0.138. The summed E-state index contributed by atoms with van der Waals surface area (Å²) in [6, 6.07) is 12.3. The topological polar surface area (TPSA) is 107 Å². The third-order valence-corrected chi connectivity index (χ3v) is 8.95. The predicted molar refractivity (Wildman–Crippen MR) is 181 cm³/mol. The maximum Gasteiger partial charge on any atom is 0.416 e. The molecule has 6 rings (SSSR count). The van der Waals surface area contributed by atoms with Crippen LogP contribution in [-0.2, 0) is 26.2 Å². The number of halogens is 3. The van der Waals surface area contributed by atoms with Gasteiger partial charge in [-0.3, -0.25) is 14.5 Å². The Morgan fingerprint density at radius 3 is 2.53 bits per heavy atom. The van der Waals surface area contributed by atoms with Gasteiger partial charge in [-0.05, 0) is 48.5 Å². The fourth-order valence-corrected chi connectivity index (χ4v) is 6.19. The summed E-state index contributed by atoms with van der Waals surface area (Å²) in [5, 5.41) is 8.42. The number of aromatic nitrogens is 3. The first-order valence-corrected chi connectivity index (χ1v) is 16.1. The molecule has 2 aromatic heterocycles. The molecule has 2 aliphatic rings. The van der Waals surface area contributed by atoms with Crippen LogP contribution in [0.1, 0.15) is 55.6 Å². The summed E-state index contributed by atoms with van der Waals surface area (Å²) in [5.41, 5.74) is 3.48. The Morgan fingerprint density at radius 2 is 1.82 bits per heavy atom. The van der Waals surface area contributed by atoms with Gasteiger partial charge in [0.1, 0.15) is 5.69 Å². The number of alkyl halides is 3. The number of anilines is 2. The van der Waals surface area contributed by atoms with Crippen molar-refractivity contribution >= 4 is 23.5 Å². The largest absolute Gasteiger partial charge is 0.416 e. The van der Waals surface area contributed by atoms with Crippen LogP contribution in [-0.4, -0.2) is 82.5 Å². The minimum Gasteiger partial charge on any atom is -0.357 e. The zero-order valence-corrected chi connectivity index (χ0v) is 27.5. The highest BCUT2D eigenvalue weighted by molar-refractivity contribution is 6.04. The molecule has 3 N–H and O–H groups in total. The van der Waals surface area contributed by atoms with Crippen molar-refractivity contribution < 1.29 is 22.8 Å². The lowest BCUT2D eigenvalue weighted by atomic mass is 10.0. The second kappa shape index (κ2) is 14.1. The first-order valence-electron chi connectivity index (χ1n) is 16.1. The number of carbonyl (C=O) groups excluding carboxylic acids is 2. The summed E-state index contributed by atoms with van der Waals surface area (Å²) in [7, 11) is 3.59. The maximum absolute atomic E-state index is 14.1. The van der Waals surface area contributed by atoms with Crippen molar-refractivity contribution in [3.05, 3.63) is 93.8 Å². The molecular formula is C36H37F3N8O2. The Bertz CT molecular complexity index is 1950. The van der Waals surface area contributed by atoms with Crippen LogP contribution in [0.4, 0.5) is 24.8 Å². The maximum atomic E-state index is 14.1. The molecule has 0 atom stereocenters. The Morgan fingerprint density at radius 1 is 1.04 bits per heavy atom. The molecule has 2 aromatic carbocycles.